The van der Waals surface area contributed by atoms with Crippen molar-refractivity contribution in [2.24, 2.45) is 0 Å². The summed E-state index contributed by atoms with van der Waals surface area (Å²) in [6.45, 7) is 3.37. The Morgan fingerprint density at radius 3 is 1.92 bits per heavy atom. The van der Waals surface area contributed by atoms with E-state index < -0.39 is 6.04 Å². The van der Waals surface area contributed by atoms with Gasteiger partial charge in [0.05, 0.1) is 6.04 Å². The third-order valence-electron chi connectivity index (χ3n) is 1.82. The molecule has 0 rings (SSSR count). The number of likely N-dealkylation sites (N-methyl/N-ethyl adjacent to an activating group) is 2. The predicted octanol–water partition coefficient (Wildman–Crippen LogP) is -1.15. The Hall–Kier alpha value is -1.10. The van der Waals surface area contributed by atoms with Crippen LogP contribution in [0.3, 0.4) is 0 Å². The van der Waals surface area contributed by atoms with Gasteiger partial charge in [-0.05, 0) is 20.9 Å². The van der Waals surface area contributed by atoms with Crippen molar-refractivity contribution in [2.45, 2.75) is 25.9 Å². The van der Waals surface area contributed by atoms with Crippen molar-refractivity contribution in [3.05, 3.63) is 0 Å². The van der Waals surface area contributed by atoms with Gasteiger partial charge in [-0.2, -0.15) is 0 Å². The first-order chi connectivity index (χ1) is 6.02. The molecule has 2 atom stereocenters. The van der Waals surface area contributed by atoms with Crippen LogP contribution >= 0.6 is 0 Å². The molecular weight excluding hydrogens is 170 g/mol. The molecule has 76 valence electrons. The maximum Gasteiger partial charge on any atom is 0.242 e. The highest BCUT2D eigenvalue weighted by molar-refractivity contribution is 5.89. The van der Waals surface area contributed by atoms with Crippen molar-refractivity contribution in [1.29, 1.82) is 0 Å². The van der Waals surface area contributed by atoms with Gasteiger partial charge in [0.25, 0.3) is 0 Å². The molecule has 13 heavy (non-hydrogen) atoms. The number of rotatable bonds is 4. The molecule has 0 radical (unpaired) electrons. The fourth-order valence-electron chi connectivity index (χ4n) is 0.752. The lowest BCUT2D eigenvalue weighted by Gasteiger charge is -2.15. The number of hydrogen-bond acceptors (Lipinski definition) is 3. The topological polar surface area (TPSA) is 70.2 Å². The Kier molecular flexibility index (Phi) is 5.06. The second-order valence-electron chi connectivity index (χ2n) is 2.85. The van der Waals surface area contributed by atoms with Crippen LogP contribution in [-0.4, -0.2) is 38.0 Å². The average molecular weight is 187 g/mol. The molecular formula is C8H17N3O2. The Morgan fingerprint density at radius 2 is 1.54 bits per heavy atom. The molecule has 0 saturated heterocycles. The number of carbonyl (C=O) groups excluding carboxylic acids is 2. The van der Waals surface area contributed by atoms with E-state index in [4.69, 9.17) is 0 Å². The Labute approximate surface area is 78.3 Å². The Morgan fingerprint density at radius 1 is 1.00 bits per heavy atom. The van der Waals surface area contributed by atoms with Gasteiger partial charge in [0.2, 0.25) is 11.8 Å². The van der Waals surface area contributed by atoms with Crippen molar-refractivity contribution in [2.75, 3.05) is 14.1 Å². The zero-order chi connectivity index (χ0) is 10.4. The van der Waals surface area contributed by atoms with E-state index in [0.29, 0.717) is 0 Å². The fraction of sp³-hybridized carbons (Fsp3) is 0.750. The van der Waals surface area contributed by atoms with Crippen molar-refractivity contribution in [3.63, 3.8) is 0 Å². The van der Waals surface area contributed by atoms with E-state index in [-0.39, 0.29) is 17.9 Å². The minimum atomic E-state index is -0.492. The third kappa shape index (κ3) is 3.89. The molecule has 0 unspecified atom stereocenters. The van der Waals surface area contributed by atoms with Crippen LogP contribution in [0.5, 0.6) is 0 Å². The van der Waals surface area contributed by atoms with Gasteiger partial charge in [-0.15, -0.1) is 0 Å². The molecule has 0 aliphatic carbocycles. The molecule has 0 aromatic carbocycles. The molecule has 0 heterocycles. The maximum atomic E-state index is 11.3. The molecule has 0 saturated carbocycles. The first-order valence-electron chi connectivity index (χ1n) is 4.22. The highest BCUT2D eigenvalue weighted by Gasteiger charge is 2.16. The van der Waals surface area contributed by atoms with Gasteiger partial charge in [0, 0.05) is 7.05 Å². The van der Waals surface area contributed by atoms with Crippen molar-refractivity contribution in [1.82, 2.24) is 16.0 Å². The summed E-state index contributed by atoms with van der Waals surface area (Å²) in [7, 11) is 3.22. The monoisotopic (exact) mass is 187 g/mol. The zero-order valence-electron chi connectivity index (χ0n) is 8.47. The van der Waals surface area contributed by atoms with E-state index in [0.717, 1.165) is 0 Å². The quantitative estimate of drug-likeness (QED) is 0.520. The van der Waals surface area contributed by atoms with Gasteiger partial charge in [-0.25, -0.2) is 0 Å². The standard InChI is InChI=1S/C8H17N3O2/c1-5(9-3)8(13)11-6(2)7(12)10-4/h5-6,9H,1-4H3,(H,10,12)(H,11,13)/t5-,6+/m1/s1. The first-order valence-corrected chi connectivity index (χ1v) is 4.22. The van der Waals surface area contributed by atoms with E-state index in [1.54, 1.807) is 20.9 Å². The predicted molar refractivity (Wildman–Crippen MR) is 50.2 cm³/mol. The molecule has 0 aromatic heterocycles. The lowest BCUT2D eigenvalue weighted by molar-refractivity contribution is -0.129. The smallest absolute Gasteiger partial charge is 0.242 e. The highest BCUT2D eigenvalue weighted by atomic mass is 16.2. The number of hydrogen-bond donors (Lipinski definition) is 3. The molecule has 5 nitrogen and oxygen atoms in total. The molecule has 0 aliphatic rings. The molecule has 3 N–H and O–H groups in total. The molecule has 0 aliphatic heterocycles. The number of carbonyl (C=O) groups is 2. The molecule has 5 heteroatoms. The summed E-state index contributed by atoms with van der Waals surface area (Å²) in [6, 6.07) is -0.777. The summed E-state index contributed by atoms with van der Waals surface area (Å²) in [5.41, 5.74) is 0. The van der Waals surface area contributed by atoms with Crippen LogP contribution in [0.25, 0.3) is 0 Å². The SMILES string of the molecule is CNC(=O)[C@H](C)NC(=O)[C@@H](C)NC. The van der Waals surface area contributed by atoms with E-state index >= 15 is 0 Å². The van der Waals surface area contributed by atoms with Gasteiger partial charge < -0.3 is 16.0 Å². The third-order valence-corrected chi connectivity index (χ3v) is 1.82. The fourth-order valence-corrected chi connectivity index (χ4v) is 0.752. The van der Waals surface area contributed by atoms with Crippen LogP contribution in [0.4, 0.5) is 0 Å². The van der Waals surface area contributed by atoms with Crippen LogP contribution in [0.2, 0.25) is 0 Å². The number of amides is 2. The lowest BCUT2D eigenvalue weighted by Crippen LogP contribution is -2.49. The second-order valence-corrected chi connectivity index (χ2v) is 2.85. The maximum absolute atomic E-state index is 11.3. The van der Waals surface area contributed by atoms with Crippen LogP contribution in [0.15, 0.2) is 0 Å². The molecule has 2 amide bonds. The van der Waals surface area contributed by atoms with Gasteiger partial charge in [0.15, 0.2) is 0 Å². The largest absolute Gasteiger partial charge is 0.357 e. The normalized spacial score (nSPS) is 14.5. The van der Waals surface area contributed by atoms with Crippen LogP contribution in [0.1, 0.15) is 13.8 Å². The minimum absolute atomic E-state index is 0.182. The van der Waals surface area contributed by atoms with Gasteiger partial charge >= 0.3 is 0 Å². The summed E-state index contributed by atoms with van der Waals surface area (Å²) in [5.74, 6) is -0.379. The molecule has 0 bridgehead atoms. The molecule has 0 aromatic rings. The average Bonchev–Trinajstić information content (AvgIpc) is 2.14. The van der Waals surface area contributed by atoms with E-state index in [9.17, 15) is 9.59 Å². The number of nitrogens with one attached hydrogen (secondary N) is 3. The van der Waals surface area contributed by atoms with Crippen molar-refractivity contribution >= 4 is 11.8 Å². The Bertz CT molecular complexity index is 194. The minimum Gasteiger partial charge on any atom is -0.357 e. The van der Waals surface area contributed by atoms with Crippen LogP contribution < -0.4 is 16.0 Å². The van der Waals surface area contributed by atoms with Crippen molar-refractivity contribution < 1.29 is 9.59 Å². The second kappa shape index (κ2) is 5.53. The van der Waals surface area contributed by atoms with Gasteiger partial charge in [0.1, 0.15) is 6.04 Å². The zero-order valence-corrected chi connectivity index (χ0v) is 8.47. The van der Waals surface area contributed by atoms with Crippen LogP contribution in [-0.2, 0) is 9.59 Å². The summed E-state index contributed by atoms with van der Waals surface area (Å²) >= 11 is 0. The van der Waals surface area contributed by atoms with E-state index in [1.165, 1.54) is 7.05 Å². The Balaban J connectivity index is 3.98. The molecule has 0 spiro atoms. The summed E-state index contributed by atoms with van der Waals surface area (Å²) in [4.78, 5) is 22.3. The molecule has 0 fully saturated rings. The summed E-state index contributed by atoms with van der Waals surface area (Å²) in [5, 5.41) is 7.80. The summed E-state index contributed by atoms with van der Waals surface area (Å²) in [6.07, 6.45) is 0. The highest BCUT2D eigenvalue weighted by Crippen LogP contribution is 1.85. The van der Waals surface area contributed by atoms with Crippen LogP contribution in [0, 0.1) is 0 Å². The summed E-state index contributed by atoms with van der Waals surface area (Å²) < 4.78 is 0. The van der Waals surface area contributed by atoms with Crippen molar-refractivity contribution in [3.8, 4) is 0 Å². The lowest BCUT2D eigenvalue weighted by atomic mass is 10.2. The van der Waals surface area contributed by atoms with E-state index in [2.05, 4.69) is 16.0 Å². The van der Waals surface area contributed by atoms with Gasteiger partial charge in [-0.3, -0.25) is 9.59 Å². The van der Waals surface area contributed by atoms with Gasteiger partial charge in [-0.1, -0.05) is 0 Å². The first kappa shape index (κ1) is 11.9. The van der Waals surface area contributed by atoms with E-state index in [1.807, 2.05) is 0 Å².